The molecule has 2 aromatic carbocycles. The number of alkyl halides is 2. The van der Waals surface area contributed by atoms with Crippen LogP contribution in [0.25, 0.3) is 16.9 Å². The smallest absolute Gasteiger partial charge is 0.371 e. The summed E-state index contributed by atoms with van der Waals surface area (Å²) in [5.74, 6) is -0.782. The molecule has 34 heavy (non-hydrogen) atoms. The average molecular weight is 506 g/mol. The predicted octanol–water partition coefficient (Wildman–Crippen LogP) is 5.13. The summed E-state index contributed by atoms with van der Waals surface area (Å²) in [6.07, 6.45) is -1.84. The highest BCUT2D eigenvalue weighted by Crippen LogP contribution is 2.32. The number of halogens is 4. The molecule has 0 unspecified atom stereocenters. The second-order valence-corrected chi connectivity index (χ2v) is 7.68. The lowest BCUT2D eigenvalue weighted by molar-refractivity contribution is 0.0518. The van der Waals surface area contributed by atoms with E-state index in [2.05, 4.69) is 15.2 Å². The summed E-state index contributed by atoms with van der Waals surface area (Å²) in [7, 11) is 1.45. The van der Waals surface area contributed by atoms with E-state index in [0.717, 1.165) is 10.7 Å². The van der Waals surface area contributed by atoms with Crippen LogP contribution in [-0.2, 0) is 4.84 Å². The van der Waals surface area contributed by atoms with Crippen molar-refractivity contribution in [1.82, 2.24) is 14.6 Å². The zero-order valence-corrected chi connectivity index (χ0v) is 18.9. The second kappa shape index (κ2) is 9.62. The van der Waals surface area contributed by atoms with E-state index >= 15 is 0 Å². The minimum absolute atomic E-state index is 0.151. The van der Waals surface area contributed by atoms with Crippen LogP contribution in [0.2, 0.25) is 10.0 Å². The molecule has 0 saturated heterocycles. The predicted molar refractivity (Wildman–Crippen MR) is 123 cm³/mol. The van der Waals surface area contributed by atoms with Gasteiger partial charge in [0, 0.05) is 16.1 Å². The molecular weight excluding hydrogens is 491 g/mol. The zero-order valence-electron chi connectivity index (χ0n) is 17.4. The van der Waals surface area contributed by atoms with Crippen molar-refractivity contribution in [3.8, 4) is 17.0 Å². The first-order valence-corrected chi connectivity index (χ1v) is 10.4. The summed E-state index contributed by atoms with van der Waals surface area (Å²) < 4.78 is 33.8. The lowest BCUT2D eigenvalue weighted by Gasteiger charge is -2.11. The summed E-state index contributed by atoms with van der Waals surface area (Å²) in [6, 6.07) is 12.4. The molecule has 2 N–H and O–H groups in total. The fourth-order valence-electron chi connectivity index (χ4n) is 3.17. The Balaban J connectivity index is 1.74. The van der Waals surface area contributed by atoms with Gasteiger partial charge in [-0.2, -0.15) is 5.10 Å². The molecule has 0 fully saturated rings. The van der Waals surface area contributed by atoms with Crippen molar-refractivity contribution < 1.29 is 23.1 Å². The first kappa shape index (κ1) is 23.4. The second-order valence-electron chi connectivity index (χ2n) is 6.84. The molecule has 0 aliphatic carbocycles. The maximum atomic E-state index is 13.8. The number of nitrogens with zero attached hydrogens (tertiary/aromatic N) is 4. The van der Waals surface area contributed by atoms with E-state index in [1.165, 1.54) is 31.4 Å². The van der Waals surface area contributed by atoms with E-state index in [4.69, 9.17) is 38.5 Å². The average Bonchev–Trinajstić information content (AvgIpc) is 3.25. The Bertz CT molecular complexity index is 1430. The zero-order chi connectivity index (χ0) is 24.4. The molecule has 2 heterocycles. The molecule has 4 rings (SSSR count). The SMILES string of the molecule is COc1ccccc1-c1cc(C(F)F)n2ncc(C(=O)O/N=C(\N)c3ccc(Cl)cc3Cl)c2n1. The number of carbonyl (C=O) groups excluding carboxylic acids is 1. The number of aromatic nitrogens is 3. The van der Waals surface area contributed by atoms with Crippen molar-refractivity contribution >= 4 is 40.7 Å². The number of fused-ring (bicyclic) bond motifs is 1. The Kier molecular flexibility index (Phi) is 6.62. The molecule has 0 radical (unpaired) electrons. The van der Waals surface area contributed by atoms with Crippen LogP contribution in [0, 0.1) is 0 Å². The van der Waals surface area contributed by atoms with Gasteiger partial charge in [-0.25, -0.2) is 23.1 Å². The first-order valence-electron chi connectivity index (χ1n) is 9.60. The number of amidine groups is 1. The fourth-order valence-corrected chi connectivity index (χ4v) is 3.67. The Morgan fingerprint density at radius 2 is 1.91 bits per heavy atom. The van der Waals surface area contributed by atoms with Gasteiger partial charge in [-0.15, -0.1) is 0 Å². The molecule has 0 bridgehead atoms. The summed E-state index contributed by atoms with van der Waals surface area (Å²) in [5.41, 5.74) is 5.93. The van der Waals surface area contributed by atoms with E-state index in [-0.39, 0.29) is 33.3 Å². The number of rotatable bonds is 6. The maximum absolute atomic E-state index is 13.8. The molecule has 0 amide bonds. The molecule has 0 aliphatic rings. The topological polar surface area (TPSA) is 104 Å². The standard InChI is InChI=1S/C22H15Cl2F2N5O3/c1-33-18-5-3-2-4-13(18)16-9-17(19(25)26)31-21(29-16)14(10-28-31)22(32)34-30-20(27)12-7-6-11(23)8-15(12)24/h2-10,19H,1H3,(H2,27,30). The highest BCUT2D eigenvalue weighted by Gasteiger charge is 2.23. The Morgan fingerprint density at radius 1 is 1.15 bits per heavy atom. The van der Waals surface area contributed by atoms with Crippen LogP contribution in [0.5, 0.6) is 5.75 Å². The molecule has 2 aromatic heterocycles. The van der Waals surface area contributed by atoms with Crippen LogP contribution in [0.15, 0.2) is 59.9 Å². The van der Waals surface area contributed by atoms with E-state index in [1.807, 2.05) is 0 Å². The van der Waals surface area contributed by atoms with Crippen molar-refractivity contribution in [2.24, 2.45) is 10.9 Å². The van der Waals surface area contributed by atoms with Gasteiger partial charge in [0.1, 0.15) is 17.0 Å². The van der Waals surface area contributed by atoms with Crippen LogP contribution in [-0.4, -0.2) is 33.5 Å². The third-order valence-electron chi connectivity index (χ3n) is 4.76. The highest BCUT2D eigenvalue weighted by molar-refractivity contribution is 6.36. The molecule has 8 nitrogen and oxygen atoms in total. The number of carbonyl (C=O) groups is 1. The van der Waals surface area contributed by atoms with Crippen molar-refractivity contribution in [1.29, 1.82) is 0 Å². The lowest BCUT2D eigenvalue weighted by atomic mass is 10.1. The Labute approximate surface area is 201 Å². The van der Waals surface area contributed by atoms with Gasteiger partial charge in [-0.3, -0.25) is 0 Å². The molecule has 0 spiro atoms. The van der Waals surface area contributed by atoms with E-state index in [1.54, 1.807) is 24.3 Å². The quantitative estimate of drug-likeness (QED) is 0.168. The number of oxime groups is 1. The minimum atomic E-state index is -2.90. The number of nitrogens with two attached hydrogens (primary N) is 1. The summed E-state index contributed by atoms with van der Waals surface area (Å²) in [5, 5.41) is 8.06. The molecule has 0 atom stereocenters. The van der Waals surface area contributed by atoms with Gasteiger partial charge in [0.05, 0.1) is 24.0 Å². The molecule has 174 valence electrons. The maximum Gasteiger partial charge on any atom is 0.371 e. The summed E-state index contributed by atoms with van der Waals surface area (Å²) >= 11 is 11.9. The van der Waals surface area contributed by atoms with Crippen LogP contribution in [0.4, 0.5) is 8.78 Å². The van der Waals surface area contributed by atoms with Crippen molar-refractivity contribution in [3.05, 3.63) is 81.6 Å². The van der Waals surface area contributed by atoms with E-state index < -0.39 is 18.1 Å². The van der Waals surface area contributed by atoms with Crippen molar-refractivity contribution in [2.75, 3.05) is 7.11 Å². The Morgan fingerprint density at radius 3 is 2.62 bits per heavy atom. The van der Waals surface area contributed by atoms with Crippen LogP contribution < -0.4 is 10.5 Å². The molecule has 0 saturated carbocycles. The number of benzene rings is 2. The number of hydrogen-bond donors (Lipinski definition) is 1. The van der Waals surface area contributed by atoms with Gasteiger partial charge in [-0.1, -0.05) is 40.5 Å². The van der Waals surface area contributed by atoms with Crippen LogP contribution in [0.3, 0.4) is 0 Å². The number of hydrogen-bond acceptors (Lipinski definition) is 6. The van der Waals surface area contributed by atoms with Crippen LogP contribution in [0.1, 0.15) is 28.0 Å². The van der Waals surface area contributed by atoms with E-state index in [0.29, 0.717) is 16.3 Å². The molecule has 0 aliphatic heterocycles. The normalized spacial score (nSPS) is 11.8. The largest absolute Gasteiger partial charge is 0.496 e. The summed E-state index contributed by atoms with van der Waals surface area (Å²) in [4.78, 5) is 22.0. The van der Waals surface area contributed by atoms with Gasteiger partial charge < -0.3 is 15.3 Å². The van der Waals surface area contributed by atoms with Gasteiger partial charge >= 0.3 is 5.97 Å². The van der Waals surface area contributed by atoms with Gasteiger partial charge in [0.15, 0.2) is 11.5 Å². The summed E-state index contributed by atoms with van der Waals surface area (Å²) in [6.45, 7) is 0. The minimum Gasteiger partial charge on any atom is -0.496 e. The Hall–Kier alpha value is -3.76. The number of ether oxygens (including phenoxy) is 1. The highest BCUT2D eigenvalue weighted by atomic mass is 35.5. The lowest BCUT2D eigenvalue weighted by Crippen LogP contribution is -2.16. The third kappa shape index (κ3) is 4.50. The van der Waals surface area contributed by atoms with Crippen molar-refractivity contribution in [3.63, 3.8) is 0 Å². The van der Waals surface area contributed by atoms with Gasteiger partial charge in [0.25, 0.3) is 6.43 Å². The molecule has 12 heteroatoms. The molecule has 4 aromatic rings. The fraction of sp³-hybridized carbons (Fsp3) is 0.0909. The number of para-hydroxylation sites is 1. The molecular formula is C22H15Cl2F2N5O3. The number of methoxy groups -OCH3 is 1. The van der Waals surface area contributed by atoms with Crippen LogP contribution >= 0.6 is 23.2 Å². The van der Waals surface area contributed by atoms with E-state index in [9.17, 15) is 13.6 Å². The van der Waals surface area contributed by atoms with Crippen molar-refractivity contribution in [2.45, 2.75) is 6.43 Å². The first-order chi connectivity index (χ1) is 16.3. The van der Waals surface area contributed by atoms with Gasteiger partial charge in [0.2, 0.25) is 0 Å². The van der Waals surface area contributed by atoms with Gasteiger partial charge in [-0.05, 0) is 36.4 Å². The third-order valence-corrected chi connectivity index (χ3v) is 5.31. The monoisotopic (exact) mass is 505 g/mol.